The molecule has 2 aromatic carbocycles. The van der Waals surface area contributed by atoms with E-state index in [0.717, 1.165) is 42.3 Å². The quantitative estimate of drug-likeness (QED) is 0.620. The molecule has 1 saturated heterocycles. The second-order valence-corrected chi connectivity index (χ2v) is 9.43. The molecule has 1 aromatic heterocycles. The number of nitrogens with zero attached hydrogens (tertiary/aromatic N) is 1. The van der Waals surface area contributed by atoms with Crippen LogP contribution in [0.25, 0.3) is 11.0 Å². The number of fused-ring (bicyclic) bond motifs is 1. The summed E-state index contributed by atoms with van der Waals surface area (Å²) in [7, 11) is -4.03. The number of carbonyl (C=O) groups is 1. The van der Waals surface area contributed by atoms with Crippen LogP contribution in [0.15, 0.2) is 56.6 Å². The molecule has 4 rings (SSSR count). The van der Waals surface area contributed by atoms with Crippen molar-refractivity contribution in [2.24, 2.45) is 0 Å². The van der Waals surface area contributed by atoms with Crippen molar-refractivity contribution >= 4 is 32.6 Å². The highest BCUT2D eigenvalue weighted by atomic mass is 32.2. The van der Waals surface area contributed by atoms with Crippen LogP contribution in [0.5, 0.6) is 0 Å². The molecule has 1 fully saturated rings. The molecule has 0 radical (unpaired) electrons. The van der Waals surface area contributed by atoms with Crippen molar-refractivity contribution in [3.8, 4) is 0 Å². The second kappa shape index (κ2) is 8.24. The number of sulfonamides is 1. The highest BCUT2D eigenvalue weighted by molar-refractivity contribution is 7.89. The van der Waals surface area contributed by atoms with Crippen molar-refractivity contribution in [1.29, 1.82) is 0 Å². The fourth-order valence-electron chi connectivity index (χ4n) is 3.69. The Morgan fingerprint density at radius 2 is 1.81 bits per heavy atom. The Morgan fingerprint density at radius 3 is 2.55 bits per heavy atom. The number of nitrogens with one attached hydrogen (secondary N) is 1. The van der Waals surface area contributed by atoms with Gasteiger partial charge in [0.15, 0.2) is 0 Å². The van der Waals surface area contributed by atoms with Crippen molar-refractivity contribution in [1.82, 2.24) is 4.31 Å². The fourth-order valence-corrected chi connectivity index (χ4v) is 5.30. The van der Waals surface area contributed by atoms with Crippen LogP contribution in [0.3, 0.4) is 0 Å². The lowest BCUT2D eigenvalue weighted by Crippen LogP contribution is -2.36. The Kier molecular flexibility index (Phi) is 5.63. The van der Waals surface area contributed by atoms with E-state index in [4.69, 9.17) is 4.42 Å². The third-order valence-corrected chi connectivity index (χ3v) is 7.25. The van der Waals surface area contributed by atoms with Crippen LogP contribution in [0.2, 0.25) is 0 Å². The first kappa shape index (κ1) is 21.2. The number of carbonyl (C=O) groups excluding carboxylic acids is 1. The first-order chi connectivity index (χ1) is 14.8. The molecule has 0 aliphatic carbocycles. The lowest BCUT2D eigenvalue weighted by molar-refractivity contribution is 0.102. The summed E-state index contributed by atoms with van der Waals surface area (Å²) in [5, 5.41) is 3.37. The van der Waals surface area contributed by atoms with Crippen LogP contribution in [-0.2, 0) is 10.0 Å². The summed E-state index contributed by atoms with van der Waals surface area (Å²) in [6.07, 6.45) is 2.37. The van der Waals surface area contributed by atoms with Crippen LogP contribution < -0.4 is 10.9 Å². The Balaban J connectivity index is 1.63. The Morgan fingerprint density at radius 1 is 1.06 bits per heavy atom. The standard InChI is InChI=1S/C22H21FN2O5S/c1-14-11-21(26)30-19-13-16(6-7-17(14)19)24-22(27)15-5-8-18(23)20(12-15)31(28,29)25-9-3-2-4-10-25/h5-8,11-13H,2-4,9-10H2,1H3,(H,24,27). The van der Waals surface area contributed by atoms with E-state index in [1.165, 1.54) is 22.5 Å². The van der Waals surface area contributed by atoms with Crippen LogP contribution in [0.1, 0.15) is 35.2 Å². The first-order valence-corrected chi connectivity index (χ1v) is 11.4. The summed E-state index contributed by atoms with van der Waals surface area (Å²) < 4.78 is 46.5. The van der Waals surface area contributed by atoms with Gasteiger partial charge in [0, 0.05) is 41.9 Å². The van der Waals surface area contributed by atoms with Crippen molar-refractivity contribution in [3.05, 3.63) is 69.8 Å². The van der Waals surface area contributed by atoms with Crippen molar-refractivity contribution in [3.63, 3.8) is 0 Å². The van der Waals surface area contributed by atoms with Gasteiger partial charge in [0.2, 0.25) is 10.0 Å². The second-order valence-electron chi connectivity index (χ2n) is 7.52. The van der Waals surface area contributed by atoms with Gasteiger partial charge >= 0.3 is 5.63 Å². The summed E-state index contributed by atoms with van der Waals surface area (Å²) in [5.74, 6) is -1.51. The summed E-state index contributed by atoms with van der Waals surface area (Å²) in [5.41, 5.74) is 0.920. The third kappa shape index (κ3) is 4.24. The van der Waals surface area contributed by atoms with E-state index in [1.54, 1.807) is 19.1 Å². The zero-order chi connectivity index (χ0) is 22.2. The average molecular weight is 444 g/mol. The zero-order valence-corrected chi connectivity index (χ0v) is 17.7. The minimum Gasteiger partial charge on any atom is -0.423 e. The molecule has 1 amide bonds. The molecule has 7 nitrogen and oxygen atoms in total. The highest BCUT2D eigenvalue weighted by Gasteiger charge is 2.29. The molecule has 1 N–H and O–H groups in total. The molecule has 1 aliphatic heterocycles. The summed E-state index contributed by atoms with van der Waals surface area (Å²) in [6.45, 7) is 2.44. The molecule has 0 atom stereocenters. The van der Waals surface area contributed by atoms with Gasteiger partial charge in [-0.05, 0) is 55.7 Å². The Hall–Kier alpha value is -3.04. The number of hydrogen-bond acceptors (Lipinski definition) is 5. The summed E-state index contributed by atoms with van der Waals surface area (Å²) >= 11 is 0. The van der Waals surface area contributed by atoms with Gasteiger partial charge in [0.05, 0.1) is 0 Å². The number of benzene rings is 2. The number of anilines is 1. The monoisotopic (exact) mass is 444 g/mol. The number of aryl methyl sites for hydroxylation is 1. The van der Waals surface area contributed by atoms with Crippen LogP contribution in [0, 0.1) is 12.7 Å². The van der Waals surface area contributed by atoms with Crippen LogP contribution in [0.4, 0.5) is 10.1 Å². The average Bonchev–Trinajstić information content (AvgIpc) is 2.74. The topological polar surface area (TPSA) is 96.7 Å². The minimum atomic E-state index is -4.03. The summed E-state index contributed by atoms with van der Waals surface area (Å²) in [6, 6.07) is 9.50. The number of halogens is 1. The SMILES string of the molecule is Cc1cc(=O)oc2cc(NC(=O)c3ccc(F)c(S(=O)(=O)N4CCCCC4)c3)ccc12. The van der Waals surface area contributed by atoms with Crippen LogP contribution in [-0.4, -0.2) is 31.7 Å². The molecule has 0 spiro atoms. The zero-order valence-electron chi connectivity index (χ0n) is 16.9. The molecule has 9 heteroatoms. The number of hydrogen-bond donors (Lipinski definition) is 1. The summed E-state index contributed by atoms with van der Waals surface area (Å²) in [4.78, 5) is 23.8. The molecule has 0 bridgehead atoms. The largest absolute Gasteiger partial charge is 0.423 e. The normalized spacial score (nSPS) is 15.2. The molecular formula is C22H21FN2O5S. The van der Waals surface area contributed by atoms with E-state index in [2.05, 4.69) is 5.32 Å². The van der Waals surface area contributed by atoms with Gasteiger partial charge in [0.25, 0.3) is 5.91 Å². The lowest BCUT2D eigenvalue weighted by Gasteiger charge is -2.26. The highest BCUT2D eigenvalue weighted by Crippen LogP contribution is 2.25. The number of piperidine rings is 1. The molecule has 31 heavy (non-hydrogen) atoms. The van der Waals surface area contributed by atoms with E-state index in [1.807, 2.05) is 0 Å². The van der Waals surface area contributed by atoms with Gasteiger partial charge in [-0.2, -0.15) is 4.31 Å². The third-order valence-electron chi connectivity index (χ3n) is 5.34. The Bertz CT molecular complexity index is 1330. The smallest absolute Gasteiger partial charge is 0.336 e. The van der Waals surface area contributed by atoms with Gasteiger partial charge in [-0.15, -0.1) is 0 Å². The maximum atomic E-state index is 14.4. The van der Waals surface area contributed by atoms with E-state index in [-0.39, 0.29) is 5.56 Å². The van der Waals surface area contributed by atoms with Gasteiger partial charge in [-0.1, -0.05) is 6.42 Å². The van der Waals surface area contributed by atoms with E-state index in [9.17, 15) is 22.4 Å². The van der Waals surface area contributed by atoms with E-state index in [0.29, 0.717) is 24.4 Å². The molecule has 2 heterocycles. The van der Waals surface area contributed by atoms with Crippen molar-refractivity contribution < 1.29 is 22.0 Å². The maximum Gasteiger partial charge on any atom is 0.336 e. The van der Waals surface area contributed by atoms with Gasteiger partial charge in [-0.3, -0.25) is 4.79 Å². The molecular weight excluding hydrogens is 423 g/mol. The van der Waals surface area contributed by atoms with E-state index < -0.39 is 32.3 Å². The molecule has 162 valence electrons. The maximum absolute atomic E-state index is 14.4. The van der Waals surface area contributed by atoms with Gasteiger partial charge < -0.3 is 9.73 Å². The van der Waals surface area contributed by atoms with Gasteiger partial charge in [-0.25, -0.2) is 17.6 Å². The molecule has 0 unspecified atom stereocenters. The Labute approximate surface area is 178 Å². The molecule has 3 aromatic rings. The van der Waals surface area contributed by atoms with Gasteiger partial charge in [0.1, 0.15) is 16.3 Å². The van der Waals surface area contributed by atoms with E-state index >= 15 is 0 Å². The molecule has 0 saturated carbocycles. The van der Waals surface area contributed by atoms with Crippen molar-refractivity contribution in [2.75, 3.05) is 18.4 Å². The van der Waals surface area contributed by atoms with Crippen LogP contribution >= 0.6 is 0 Å². The number of amides is 1. The number of rotatable bonds is 4. The first-order valence-electron chi connectivity index (χ1n) is 9.91. The minimum absolute atomic E-state index is 0.00257. The predicted octanol–water partition coefficient (Wildman–Crippen LogP) is 3.67. The molecule has 1 aliphatic rings. The predicted molar refractivity (Wildman–Crippen MR) is 114 cm³/mol. The lowest BCUT2D eigenvalue weighted by atomic mass is 10.1. The van der Waals surface area contributed by atoms with Crippen molar-refractivity contribution in [2.45, 2.75) is 31.1 Å². The fraction of sp³-hybridized carbons (Fsp3) is 0.273.